The molecule has 0 aliphatic heterocycles. The van der Waals surface area contributed by atoms with E-state index in [4.69, 9.17) is 14.3 Å². The number of aromatic nitrogens is 2. The highest BCUT2D eigenvalue weighted by Crippen LogP contribution is 2.39. The smallest absolute Gasteiger partial charge is 0.309 e. The summed E-state index contributed by atoms with van der Waals surface area (Å²) in [5, 5.41) is 14.0. The molecule has 12 heteroatoms. The molecule has 0 unspecified atom stereocenters. The number of carbonyl (C=O) groups is 3. The molecule has 39 heavy (non-hydrogen) atoms. The van der Waals surface area contributed by atoms with Crippen molar-refractivity contribution in [1.82, 2.24) is 9.97 Å². The van der Waals surface area contributed by atoms with Gasteiger partial charge in [-0.2, -0.15) is 0 Å². The van der Waals surface area contributed by atoms with Crippen molar-refractivity contribution in [3.8, 4) is 22.3 Å². The molecular weight excluding hydrogens is 527 g/mol. The minimum atomic E-state index is -1.02. The number of hydrogen-bond acceptors (Lipinski definition) is 8. The summed E-state index contributed by atoms with van der Waals surface area (Å²) in [4.78, 5) is 44.3. The number of carboxylic acids is 1. The van der Waals surface area contributed by atoms with Gasteiger partial charge >= 0.3 is 5.97 Å². The quantitative estimate of drug-likeness (QED) is 0.206. The third-order valence-corrected chi connectivity index (χ3v) is 6.41. The predicted octanol–water partition coefficient (Wildman–Crippen LogP) is 5.48. The van der Waals surface area contributed by atoms with Crippen molar-refractivity contribution in [3.63, 3.8) is 0 Å². The normalized spacial score (nSPS) is 10.8. The van der Waals surface area contributed by atoms with Gasteiger partial charge in [-0.15, -0.1) is 11.3 Å². The van der Waals surface area contributed by atoms with E-state index in [-0.39, 0.29) is 29.4 Å². The lowest BCUT2D eigenvalue weighted by Gasteiger charge is -2.10. The van der Waals surface area contributed by atoms with Gasteiger partial charge in [-0.3, -0.25) is 19.4 Å². The van der Waals surface area contributed by atoms with Crippen LogP contribution in [-0.4, -0.2) is 32.9 Å². The van der Waals surface area contributed by atoms with Crippen LogP contribution in [0.2, 0.25) is 0 Å². The summed E-state index contributed by atoms with van der Waals surface area (Å²) in [7, 11) is 0. The lowest BCUT2D eigenvalue weighted by Crippen LogP contribution is -2.21. The van der Waals surface area contributed by atoms with Gasteiger partial charge in [-0.1, -0.05) is 18.2 Å². The molecule has 2 aromatic carbocycles. The van der Waals surface area contributed by atoms with Gasteiger partial charge in [0.15, 0.2) is 11.6 Å². The van der Waals surface area contributed by atoms with Crippen molar-refractivity contribution >= 4 is 50.7 Å². The van der Waals surface area contributed by atoms with Crippen LogP contribution in [0.1, 0.15) is 12.1 Å². The van der Waals surface area contributed by atoms with E-state index in [0.29, 0.717) is 26.5 Å². The molecule has 5 rings (SSSR count). The molecule has 0 aliphatic rings. The van der Waals surface area contributed by atoms with Crippen LogP contribution < -0.4 is 15.4 Å². The second-order valence-electron chi connectivity index (χ2n) is 8.24. The summed E-state index contributed by atoms with van der Waals surface area (Å²) in [5.74, 6) is -2.36. The molecular formula is C27H19FN4O6S. The van der Waals surface area contributed by atoms with Crippen molar-refractivity contribution in [3.05, 3.63) is 84.6 Å². The lowest BCUT2D eigenvalue weighted by atomic mass is 10.2. The highest BCUT2D eigenvalue weighted by molar-refractivity contribution is 7.22. The van der Waals surface area contributed by atoms with Crippen molar-refractivity contribution in [2.75, 3.05) is 10.6 Å². The van der Waals surface area contributed by atoms with Crippen LogP contribution in [0.5, 0.6) is 11.5 Å². The summed E-state index contributed by atoms with van der Waals surface area (Å²) >= 11 is 1.24. The summed E-state index contributed by atoms with van der Waals surface area (Å²) in [6.45, 7) is 0. The van der Waals surface area contributed by atoms with Gasteiger partial charge in [0, 0.05) is 29.7 Å². The first kappa shape index (κ1) is 25.5. The number of carbonyl (C=O) groups excluding carboxylic acids is 2. The standard InChI is InChI=1S/C27H19FN4O6S/c28-18-10-16(31-24(34)13-23(33)30-15-4-2-1-3-5-15)6-7-20(18)38-21-8-9-29-19-12-22(39-26(19)21)27-32-17(14-37-27)11-25(35)36/h1-10,12,14H,11,13H2,(H,30,33)(H,31,34)(H,35,36). The Morgan fingerprint density at radius 3 is 2.49 bits per heavy atom. The molecule has 3 N–H and O–H groups in total. The van der Waals surface area contributed by atoms with Crippen LogP contribution in [0.4, 0.5) is 15.8 Å². The van der Waals surface area contributed by atoms with Gasteiger partial charge in [0.2, 0.25) is 17.7 Å². The highest BCUT2D eigenvalue weighted by Gasteiger charge is 2.17. The van der Waals surface area contributed by atoms with E-state index in [0.717, 1.165) is 6.07 Å². The summed E-state index contributed by atoms with van der Waals surface area (Å²) < 4.78 is 26.7. The number of carboxylic acid groups (broad SMARTS) is 1. The lowest BCUT2D eigenvalue weighted by molar-refractivity contribution is -0.136. The minimum Gasteiger partial charge on any atom is -0.481 e. The zero-order chi connectivity index (χ0) is 27.4. The number of aliphatic carboxylic acids is 1. The first-order chi connectivity index (χ1) is 18.8. The van der Waals surface area contributed by atoms with Crippen molar-refractivity contribution in [1.29, 1.82) is 0 Å². The van der Waals surface area contributed by atoms with Gasteiger partial charge in [0.05, 0.1) is 27.2 Å². The maximum absolute atomic E-state index is 14.9. The molecule has 10 nitrogen and oxygen atoms in total. The third kappa shape index (κ3) is 6.25. The van der Waals surface area contributed by atoms with Gasteiger partial charge in [-0.05, 0) is 30.3 Å². The van der Waals surface area contributed by atoms with Crippen LogP contribution in [-0.2, 0) is 20.8 Å². The molecule has 3 aromatic heterocycles. The molecule has 0 aliphatic carbocycles. The van der Waals surface area contributed by atoms with E-state index in [2.05, 4.69) is 20.6 Å². The van der Waals surface area contributed by atoms with E-state index in [1.807, 2.05) is 0 Å². The second kappa shape index (κ2) is 11.1. The molecule has 0 spiro atoms. The fraction of sp³-hybridized carbons (Fsp3) is 0.0741. The zero-order valence-corrected chi connectivity index (χ0v) is 20.8. The van der Waals surface area contributed by atoms with Crippen LogP contribution in [0.15, 0.2) is 77.5 Å². The summed E-state index contributed by atoms with van der Waals surface area (Å²) in [5.41, 5.74) is 1.57. The number of pyridine rings is 1. The Bertz CT molecular complexity index is 1680. The van der Waals surface area contributed by atoms with Gasteiger partial charge in [0.1, 0.15) is 18.4 Å². The maximum Gasteiger partial charge on any atom is 0.309 e. The van der Waals surface area contributed by atoms with Crippen molar-refractivity contribution in [2.45, 2.75) is 12.8 Å². The Morgan fingerprint density at radius 1 is 0.974 bits per heavy atom. The molecule has 5 aromatic rings. The average molecular weight is 547 g/mol. The van der Waals surface area contributed by atoms with Crippen LogP contribution in [0.25, 0.3) is 21.0 Å². The average Bonchev–Trinajstić information content (AvgIpc) is 3.53. The number of fused-ring (bicyclic) bond motifs is 1. The fourth-order valence-electron chi connectivity index (χ4n) is 3.61. The Kier molecular flexibility index (Phi) is 7.28. The van der Waals surface area contributed by atoms with Crippen molar-refractivity contribution < 1.29 is 33.0 Å². The monoisotopic (exact) mass is 546 g/mol. The third-order valence-electron chi connectivity index (χ3n) is 5.28. The maximum atomic E-state index is 14.9. The van der Waals surface area contributed by atoms with E-state index >= 15 is 0 Å². The number of rotatable bonds is 9. The number of para-hydroxylation sites is 1. The minimum absolute atomic E-state index is 0.0860. The number of oxazole rings is 1. The molecule has 0 bridgehead atoms. The Labute approximate surface area is 224 Å². The molecule has 196 valence electrons. The number of nitrogens with one attached hydrogen (secondary N) is 2. The Morgan fingerprint density at radius 2 is 1.74 bits per heavy atom. The molecule has 0 saturated heterocycles. The van der Waals surface area contributed by atoms with E-state index in [9.17, 15) is 18.8 Å². The summed E-state index contributed by atoms with van der Waals surface area (Å²) in [6, 6.07) is 15.9. The van der Waals surface area contributed by atoms with Crippen LogP contribution in [0, 0.1) is 5.82 Å². The number of nitrogens with zero attached hydrogens (tertiary/aromatic N) is 2. The number of ether oxygens (including phenoxy) is 1. The molecule has 3 heterocycles. The SMILES string of the molecule is O=C(O)Cc1coc(-c2cc3nccc(Oc4ccc(NC(=O)CC(=O)Nc5ccccc5)cc4F)c3s2)n1. The first-order valence-corrected chi connectivity index (χ1v) is 12.3. The van der Waals surface area contributed by atoms with E-state index in [1.54, 1.807) is 42.5 Å². The Balaban J connectivity index is 1.26. The topological polar surface area (TPSA) is 144 Å². The Hall–Kier alpha value is -5.10. The predicted molar refractivity (Wildman–Crippen MR) is 141 cm³/mol. The van der Waals surface area contributed by atoms with Crippen molar-refractivity contribution in [2.24, 2.45) is 0 Å². The molecule has 0 saturated carbocycles. The fourth-order valence-corrected chi connectivity index (χ4v) is 4.61. The molecule has 2 amide bonds. The number of thiophene rings is 1. The summed E-state index contributed by atoms with van der Waals surface area (Å²) in [6.07, 6.45) is 2.08. The largest absolute Gasteiger partial charge is 0.481 e. The second-order valence-corrected chi connectivity index (χ2v) is 9.29. The van der Waals surface area contributed by atoms with E-state index in [1.165, 1.54) is 35.9 Å². The zero-order valence-electron chi connectivity index (χ0n) is 20.0. The molecule has 0 fully saturated rings. The number of benzene rings is 2. The number of anilines is 2. The first-order valence-electron chi connectivity index (χ1n) is 11.5. The van der Waals surface area contributed by atoms with Gasteiger partial charge in [0.25, 0.3) is 0 Å². The molecule has 0 atom stereocenters. The van der Waals surface area contributed by atoms with Gasteiger partial charge in [-0.25, -0.2) is 9.37 Å². The van der Waals surface area contributed by atoms with Gasteiger partial charge < -0.3 is 24.9 Å². The molecule has 0 radical (unpaired) electrons. The number of hydrogen-bond donors (Lipinski definition) is 3. The number of amides is 2. The van der Waals surface area contributed by atoms with E-state index < -0.39 is 30.0 Å². The highest BCUT2D eigenvalue weighted by atomic mass is 32.1. The number of halogens is 1. The van der Waals surface area contributed by atoms with Crippen LogP contribution >= 0.6 is 11.3 Å². The van der Waals surface area contributed by atoms with Crippen LogP contribution in [0.3, 0.4) is 0 Å².